The highest BCUT2D eigenvalue weighted by Crippen LogP contribution is 2.68. The van der Waals surface area contributed by atoms with Gasteiger partial charge in [-0.05, 0) is 98.4 Å². The fourth-order valence-corrected chi connectivity index (χ4v) is 9.45. The number of aromatic nitrogens is 2. The average molecular weight is 465 g/mol. The van der Waals surface area contributed by atoms with Crippen LogP contribution in [0.25, 0.3) is 0 Å². The van der Waals surface area contributed by atoms with E-state index in [2.05, 4.69) is 49.5 Å². The zero-order chi connectivity index (χ0) is 23.7. The average Bonchev–Trinajstić information content (AvgIpc) is 3.49. The molecule has 1 aromatic rings. The monoisotopic (exact) mass is 464 g/mol. The molecular formula is C30H44N2O2. The summed E-state index contributed by atoms with van der Waals surface area (Å²) in [6, 6.07) is 0. The second kappa shape index (κ2) is 8.25. The van der Waals surface area contributed by atoms with Gasteiger partial charge in [-0.15, -0.1) is 0 Å². The van der Waals surface area contributed by atoms with Crippen LogP contribution >= 0.6 is 0 Å². The quantitative estimate of drug-likeness (QED) is 0.505. The molecule has 1 N–H and O–H groups in total. The molecule has 34 heavy (non-hydrogen) atoms. The van der Waals surface area contributed by atoms with E-state index in [0.717, 1.165) is 43.6 Å². The van der Waals surface area contributed by atoms with Gasteiger partial charge in [0.2, 0.25) is 0 Å². The lowest BCUT2D eigenvalue weighted by molar-refractivity contribution is -0.0454. The Bertz CT molecular complexity index is 980. The van der Waals surface area contributed by atoms with Crippen LogP contribution in [-0.2, 0) is 11.3 Å². The molecule has 186 valence electrons. The van der Waals surface area contributed by atoms with Gasteiger partial charge in [0, 0.05) is 31.3 Å². The number of imidazole rings is 1. The van der Waals surface area contributed by atoms with E-state index in [1.807, 2.05) is 12.5 Å². The number of aliphatic hydroxyl groups is 1. The van der Waals surface area contributed by atoms with Crippen molar-refractivity contribution in [3.05, 3.63) is 41.7 Å². The number of fused-ring (bicyclic) bond motifs is 7. The Labute approximate surface area is 205 Å². The Morgan fingerprint density at radius 3 is 2.88 bits per heavy atom. The Hall–Kier alpha value is -1.55. The van der Waals surface area contributed by atoms with Crippen molar-refractivity contribution < 1.29 is 9.84 Å². The van der Waals surface area contributed by atoms with E-state index < -0.39 is 0 Å². The minimum Gasteiger partial charge on any atom is -0.494 e. The molecule has 5 aliphatic rings. The van der Waals surface area contributed by atoms with Crippen LogP contribution in [0.3, 0.4) is 0 Å². The van der Waals surface area contributed by atoms with E-state index in [-0.39, 0.29) is 6.10 Å². The molecule has 4 aliphatic carbocycles. The standard InChI is InChI=1S/C30H44N2O2/c1-19(17-32-14-13-31-18-32)5-8-26-20(2)28-27(34-26)16-25-23-7-6-21-15-22(33)9-11-29(21,3)24(23)10-12-30(25,28)4/h6,13-14,18-19,22-25,27-28,33H,5,7-12,15-17H2,1-4H3/t19-,22+,23-,24+,25+,27+,28+,29+,30+/m1/s1. The molecule has 0 spiro atoms. The third-order valence-electron chi connectivity index (χ3n) is 11.2. The Morgan fingerprint density at radius 1 is 1.24 bits per heavy atom. The van der Waals surface area contributed by atoms with E-state index in [1.54, 1.807) is 11.1 Å². The number of rotatable bonds is 5. The number of aliphatic hydroxyl groups excluding tert-OH is 1. The number of nitrogens with zero attached hydrogens (tertiary/aromatic N) is 2. The molecule has 9 atom stereocenters. The lowest BCUT2D eigenvalue weighted by Crippen LogP contribution is -2.50. The highest BCUT2D eigenvalue weighted by Gasteiger charge is 2.63. The van der Waals surface area contributed by atoms with Gasteiger partial charge >= 0.3 is 0 Å². The molecular weight excluding hydrogens is 420 g/mol. The van der Waals surface area contributed by atoms with Crippen molar-refractivity contribution in [3.8, 4) is 0 Å². The first-order chi connectivity index (χ1) is 16.3. The molecule has 0 aromatic carbocycles. The van der Waals surface area contributed by atoms with Crippen LogP contribution in [0.4, 0.5) is 0 Å². The molecule has 6 rings (SSSR count). The van der Waals surface area contributed by atoms with Crippen LogP contribution in [-0.4, -0.2) is 26.9 Å². The van der Waals surface area contributed by atoms with E-state index in [4.69, 9.17) is 4.74 Å². The minimum absolute atomic E-state index is 0.113. The zero-order valence-corrected chi connectivity index (χ0v) is 21.7. The maximum Gasteiger partial charge on any atom is 0.106 e. The molecule has 0 saturated heterocycles. The molecule has 0 radical (unpaired) electrons. The summed E-state index contributed by atoms with van der Waals surface area (Å²) < 4.78 is 8.97. The van der Waals surface area contributed by atoms with Gasteiger partial charge in [0.15, 0.2) is 0 Å². The number of hydrogen-bond donors (Lipinski definition) is 1. The summed E-state index contributed by atoms with van der Waals surface area (Å²) in [6.45, 7) is 10.9. The van der Waals surface area contributed by atoms with E-state index >= 15 is 0 Å². The Morgan fingerprint density at radius 2 is 2.09 bits per heavy atom. The van der Waals surface area contributed by atoms with Crippen molar-refractivity contribution in [1.29, 1.82) is 0 Å². The smallest absolute Gasteiger partial charge is 0.106 e. The van der Waals surface area contributed by atoms with Crippen LogP contribution in [0, 0.1) is 40.4 Å². The number of hydrogen-bond acceptors (Lipinski definition) is 3. The van der Waals surface area contributed by atoms with Gasteiger partial charge in [-0.1, -0.05) is 32.4 Å². The van der Waals surface area contributed by atoms with E-state index in [1.165, 1.54) is 44.3 Å². The van der Waals surface area contributed by atoms with Crippen molar-refractivity contribution in [2.24, 2.45) is 40.4 Å². The van der Waals surface area contributed by atoms with Crippen LogP contribution in [0.2, 0.25) is 0 Å². The molecule has 0 unspecified atom stereocenters. The molecule has 3 fully saturated rings. The summed E-state index contributed by atoms with van der Waals surface area (Å²) in [5.74, 6) is 4.92. The molecule has 0 bridgehead atoms. The number of ether oxygens (including phenoxy) is 1. The second-order valence-corrected chi connectivity index (χ2v) is 13.1. The minimum atomic E-state index is -0.113. The van der Waals surface area contributed by atoms with Crippen LogP contribution in [0.5, 0.6) is 0 Å². The molecule has 4 nitrogen and oxygen atoms in total. The highest BCUT2D eigenvalue weighted by molar-refractivity contribution is 5.30. The van der Waals surface area contributed by atoms with Gasteiger partial charge in [0.05, 0.1) is 18.2 Å². The summed E-state index contributed by atoms with van der Waals surface area (Å²) in [6.07, 6.45) is 19.2. The van der Waals surface area contributed by atoms with Crippen LogP contribution < -0.4 is 0 Å². The largest absolute Gasteiger partial charge is 0.494 e. The van der Waals surface area contributed by atoms with Gasteiger partial charge in [0.1, 0.15) is 6.10 Å². The second-order valence-electron chi connectivity index (χ2n) is 13.1. The maximum absolute atomic E-state index is 10.3. The fourth-order valence-electron chi connectivity index (χ4n) is 9.45. The van der Waals surface area contributed by atoms with Gasteiger partial charge in [-0.25, -0.2) is 4.98 Å². The maximum atomic E-state index is 10.3. The topological polar surface area (TPSA) is 47.3 Å². The predicted octanol–water partition coefficient (Wildman–Crippen LogP) is 6.52. The summed E-state index contributed by atoms with van der Waals surface area (Å²) in [4.78, 5) is 4.18. The molecule has 1 aromatic heterocycles. The first-order valence-electron chi connectivity index (χ1n) is 14.0. The highest BCUT2D eigenvalue weighted by atomic mass is 16.5. The van der Waals surface area contributed by atoms with Crippen LogP contribution in [0.1, 0.15) is 85.5 Å². The van der Waals surface area contributed by atoms with Crippen molar-refractivity contribution in [3.63, 3.8) is 0 Å². The van der Waals surface area contributed by atoms with Gasteiger partial charge in [-0.3, -0.25) is 0 Å². The molecule has 3 saturated carbocycles. The van der Waals surface area contributed by atoms with E-state index in [9.17, 15) is 5.11 Å². The first-order valence-corrected chi connectivity index (χ1v) is 14.0. The normalized spacial score (nSPS) is 44.0. The van der Waals surface area contributed by atoms with Crippen molar-refractivity contribution in [2.45, 2.75) is 104 Å². The van der Waals surface area contributed by atoms with Gasteiger partial charge in [0.25, 0.3) is 0 Å². The summed E-state index contributed by atoms with van der Waals surface area (Å²) in [7, 11) is 0. The third-order valence-corrected chi connectivity index (χ3v) is 11.2. The lowest BCUT2D eigenvalue weighted by Gasteiger charge is -2.57. The number of allylic oxidation sites excluding steroid dienone is 2. The van der Waals surface area contributed by atoms with Crippen LogP contribution in [0.15, 0.2) is 41.7 Å². The predicted molar refractivity (Wildman–Crippen MR) is 135 cm³/mol. The molecule has 0 amide bonds. The third kappa shape index (κ3) is 3.45. The van der Waals surface area contributed by atoms with Crippen molar-refractivity contribution in [2.75, 3.05) is 0 Å². The zero-order valence-electron chi connectivity index (χ0n) is 21.7. The summed E-state index contributed by atoms with van der Waals surface area (Å²) in [5.41, 5.74) is 3.86. The summed E-state index contributed by atoms with van der Waals surface area (Å²) in [5, 5.41) is 10.3. The van der Waals surface area contributed by atoms with Crippen molar-refractivity contribution in [1.82, 2.24) is 9.55 Å². The molecule has 4 heteroatoms. The van der Waals surface area contributed by atoms with E-state index in [0.29, 0.717) is 28.8 Å². The summed E-state index contributed by atoms with van der Waals surface area (Å²) >= 11 is 0. The SMILES string of the molecule is CC1=C(CC[C@@H](C)Cn2ccnc2)O[C@H]2C[C@H]3[C@@H]4CC=C5C[C@@H](O)CC[C@]5(C)[C@H]4CC[C@]3(C)[C@@H]12. The fraction of sp³-hybridized carbons (Fsp3) is 0.767. The first kappa shape index (κ1) is 22.9. The molecule has 2 heterocycles. The Kier molecular flexibility index (Phi) is 5.55. The van der Waals surface area contributed by atoms with Crippen molar-refractivity contribution >= 4 is 0 Å². The molecule has 1 aliphatic heterocycles. The Balaban J connectivity index is 1.17. The van der Waals surface area contributed by atoms with Gasteiger partial charge < -0.3 is 14.4 Å². The lowest BCUT2D eigenvalue weighted by atomic mass is 9.47. The van der Waals surface area contributed by atoms with Gasteiger partial charge in [-0.2, -0.15) is 0 Å².